The SMILES string of the molecule is CCOc1cc2c(cc1C(F)(F)F)NC(=O)CC(c1cccc(-c3ccnc(C)c3C)c1)=N2. The summed E-state index contributed by atoms with van der Waals surface area (Å²) in [7, 11) is 0. The molecule has 0 saturated carbocycles. The van der Waals surface area contributed by atoms with Gasteiger partial charge in [0.15, 0.2) is 0 Å². The van der Waals surface area contributed by atoms with Crippen molar-refractivity contribution in [3.8, 4) is 16.9 Å². The number of ether oxygens (including phenoxy) is 1. The van der Waals surface area contributed by atoms with E-state index in [0.29, 0.717) is 11.3 Å². The predicted molar refractivity (Wildman–Crippen MR) is 121 cm³/mol. The molecule has 33 heavy (non-hydrogen) atoms. The molecule has 0 aliphatic carbocycles. The Kier molecular flexibility index (Phi) is 5.93. The van der Waals surface area contributed by atoms with Crippen LogP contribution in [0, 0.1) is 13.8 Å². The van der Waals surface area contributed by atoms with Crippen LogP contribution in [0.1, 0.15) is 35.7 Å². The fraction of sp³-hybridized carbons (Fsp3) is 0.240. The monoisotopic (exact) mass is 453 g/mol. The number of nitrogens with one attached hydrogen (secondary N) is 1. The maximum atomic E-state index is 13.5. The van der Waals surface area contributed by atoms with Crippen LogP contribution in [-0.4, -0.2) is 23.2 Å². The van der Waals surface area contributed by atoms with Gasteiger partial charge in [0.1, 0.15) is 5.75 Å². The van der Waals surface area contributed by atoms with Gasteiger partial charge in [0, 0.05) is 18.0 Å². The molecule has 1 aliphatic heterocycles. The summed E-state index contributed by atoms with van der Waals surface area (Å²) in [6, 6.07) is 11.6. The molecular formula is C25H22F3N3O2. The molecule has 0 saturated heterocycles. The summed E-state index contributed by atoms with van der Waals surface area (Å²) >= 11 is 0. The molecule has 1 N–H and O–H groups in total. The molecule has 1 aliphatic rings. The number of alkyl halides is 3. The van der Waals surface area contributed by atoms with Crippen LogP contribution in [0.3, 0.4) is 0 Å². The van der Waals surface area contributed by atoms with E-state index in [1.54, 1.807) is 13.1 Å². The van der Waals surface area contributed by atoms with E-state index >= 15 is 0 Å². The summed E-state index contributed by atoms with van der Waals surface area (Å²) in [4.78, 5) is 21.4. The Balaban J connectivity index is 1.83. The smallest absolute Gasteiger partial charge is 0.420 e. The summed E-state index contributed by atoms with van der Waals surface area (Å²) in [5, 5.41) is 2.55. The average Bonchev–Trinajstić information content (AvgIpc) is 2.92. The van der Waals surface area contributed by atoms with Gasteiger partial charge in [-0.3, -0.25) is 9.78 Å². The molecule has 1 amide bonds. The van der Waals surface area contributed by atoms with Gasteiger partial charge in [0.05, 0.1) is 35.7 Å². The molecule has 0 spiro atoms. The van der Waals surface area contributed by atoms with Crippen molar-refractivity contribution in [2.45, 2.75) is 33.4 Å². The van der Waals surface area contributed by atoms with E-state index in [1.807, 2.05) is 44.2 Å². The maximum absolute atomic E-state index is 13.5. The van der Waals surface area contributed by atoms with Gasteiger partial charge in [-0.2, -0.15) is 13.2 Å². The van der Waals surface area contributed by atoms with E-state index in [4.69, 9.17) is 4.74 Å². The quantitative estimate of drug-likeness (QED) is 0.508. The lowest BCUT2D eigenvalue weighted by atomic mass is 9.96. The molecule has 4 rings (SSSR count). The van der Waals surface area contributed by atoms with E-state index in [9.17, 15) is 18.0 Å². The van der Waals surface area contributed by atoms with Crippen LogP contribution >= 0.6 is 0 Å². The van der Waals surface area contributed by atoms with E-state index in [0.717, 1.165) is 28.5 Å². The number of aliphatic imine (C=N–C) groups is 1. The molecule has 170 valence electrons. The number of carbonyl (C=O) groups excluding carboxylic acids is 1. The number of nitrogens with zero attached hydrogens (tertiary/aromatic N) is 2. The van der Waals surface area contributed by atoms with Crippen LogP contribution in [0.5, 0.6) is 5.75 Å². The number of aromatic nitrogens is 1. The number of rotatable bonds is 4. The predicted octanol–water partition coefficient (Wildman–Crippen LogP) is 6.25. The van der Waals surface area contributed by atoms with Gasteiger partial charge in [-0.05, 0) is 61.2 Å². The van der Waals surface area contributed by atoms with Gasteiger partial charge >= 0.3 is 6.18 Å². The maximum Gasteiger partial charge on any atom is 0.420 e. The number of aryl methyl sites for hydroxylation is 1. The fourth-order valence-electron chi connectivity index (χ4n) is 3.78. The zero-order valence-electron chi connectivity index (χ0n) is 18.4. The van der Waals surface area contributed by atoms with Crippen LogP contribution in [0.4, 0.5) is 24.5 Å². The first-order valence-corrected chi connectivity index (χ1v) is 10.5. The number of hydrogen-bond donors (Lipinski definition) is 1. The number of halogens is 3. The molecular weight excluding hydrogens is 431 g/mol. The fourth-order valence-corrected chi connectivity index (χ4v) is 3.78. The largest absolute Gasteiger partial charge is 0.493 e. The van der Waals surface area contributed by atoms with Gasteiger partial charge < -0.3 is 10.1 Å². The Morgan fingerprint density at radius 1 is 1.09 bits per heavy atom. The molecule has 0 radical (unpaired) electrons. The van der Waals surface area contributed by atoms with E-state index in [-0.39, 0.29) is 30.2 Å². The topological polar surface area (TPSA) is 63.6 Å². The van der Waals surface area contributed by atoms with Crippen LogP contribution < -0.4 is 10.1 Å². The third kappa shape index (κ3) is 4.60. The number of benzene rings is 2. The number of carbonyl (C=O) groups is 1. The second kappa shape index (κ2) is 8.69. The van der Waals surface area contributed by atoms with Crippen LogP contribution in [0.15, 0.2) is 53.7 Å². The highest BCUT2D eigenvalue weighted by atomic mass is 19.4. The van der Waals surface area contributed by atoms with Crippen LogP contribution in [0.2, 0.25) is 0 Å². The minimum atomic E-state index is -4.63. The van der Waals surface area contributed by atoms with E-state index in [2.05, 4.69) is 15.3 Å². The lowest BCUT2D eigenvalue weighted by Gasteiger charge is -2.16. The Labute approximate surface area is 189 Å². The molecule has 0 bridgehead atoms. The number of fused-ring (bicyclic) bond motifs is 1. The second-order valence-corrected chi connectivity index (χ2v) is 7.73. The highest BCUT2D eigenvalue weighted by Crippen LogP contribution is 2.43. The lowest BCUT2D eigenvalue weighted by molar-refractivity contribution is -0.138. The van der Waals surface area contributed by atoms with Gasteiger partial charge in [0.25, 0.3) is 0 Å². The standard InChI is InChI=1S/C25H22F3N3O2/c1-4-33-23-12-22-21(11-19(23)25(26,27)28)31-24(32)13-20(30-22)17-7-5-6-16(10-17)18-8-9-29-15(3)14(18)2/h5-12H,4,13H2,1-3H3,(H,31,32). The average molecular weight is 453 g/mol. The van der Waals surface area contributed by atoms with Crippen molar-refractivity contribution in [3.05, 3.63) is 71.0 Å². The number of pyridine rings is 1. The molecule has 0 fully saturated rings. The van der Waals surface area contributed by atoms with Gasteiger partial charge in [-0.1, -0.05) is 18.2 Å². The van der Waals surface area contributed by atoms with Crippen LogP contribution in [0.25, 0.3) is 11.1 Å². The zero-order valence-corrected chi connectivity index (χ0v) is 18.4. The summed E-state index contributed by atoms with van der Waals surface area (Å²) < 4.78 is 45.8. The van der Waals surface area contributed by atoms with Crippen molar-refractivity contribution >= 4 is 23.0 Å². The van der Waals surface area contributed by atoms with Crippen molar-refractivity contribution in [3.63, 3.8) is 0 Å². The van der Waals surface area contributed by atoms with Crippen molar-refractivity contribution in [2.24, 2.45) is 4.99 Å². The highest BCUT2D eigenvalue weighted by Gasteiger charge is 2.36. The third-order valence-electron chi connectivity index (χ3n) is 5.52. The summed E-state index contributed by atoms with van der Waals surface area (Å²) in [6.45, 7) is 5.60. The Morgan fingerprint density at radius 2 is 1.85 bits per heavy atom. The van der Waals surface area contributed by atoms with E-state index < -0.39 is 17.6 Å². The first kappa shape index (κ1) is 22.5. The summed E-state index contributed by atoms with van der Waals surface area (Å²) in [6.07, 6.45) is -2.96. The zero-order chi connectivity index (χ0) is 23.8. The number of anilines is 1. The number of amides is 1. The molecule has 2 aromatic carbocycles. The van der Waals surface area contributed by atoms with Crippen LogP contribution in [-0.2, 0) is 11.0 Å². The Hall–Kier alpha value is -3.68. The molecule has 8 heteroatoms. The van der Waals surface area contributed by atoms with Crippen molar-refractivity contribution in [2.75, 3.05) is 11.9 Å². The van der Waals surface area contributed by atoms with E-state index in [1.165, 1.54) is 6.07 Å². The van der Waals surface area contributed by atoms with Crippen molar-refractivity contribution in [1.82, 2.24) is 4.98 Å². The lowest BCUT2D eigenvalue weighted by Crippen LogP contribution is -2.15. The molecule has 5 nitrogen and oxygen atoms in total. The Morgan fingerprint density at radius 3 is 2.58 bits per heavy atom. The number of hydrogen-bond acceptors (Lipinski definition) is 4. The molecule has 1 aromatic heterocycles. The third-order valence-corrected chi connectivity index (χ3v) is 5.52. The van der Waals surface area contributed by atoms with Gasteiger partial charge in [-0.15, -0.1) is 0 Å². The first-order valence-electron chi connectivity index (χ1n) is 10.5. The summed E-state index contributed by atoms with van der Waals surface area (Å²) in [5.41, 5.74) is 4.34. The minimum Gasteiger partial charge on any atom is -0.493 e. The minimum absolute atomic E-state index is 0.00235. The molecule has 2 heterocycles. The van der Waals surface area contributed by atoms with Gasteiger partial charge in [-0.25, -0.2) is 4.99 Å². The molecule has 0 unspecified atom stereocenters. The molecule has 3 aromatic rings. The Bertz CT molecular complexity index is 1270. The summed E-state index contributed by atoms with van der Waals surface area (Å²) in [5.74, 6) is -0.759. The highest BCUT2D eigenvalue weighted by molar-refractivity contribution is 6.17. The second-order valence-electron chi connectivity index (χ2n) is 7.73. The van der Waals surface area contributed by atoms with Gasteiger partial charge in [0.2, 0.25) is 5.91 Å². The molecule has 0 atom stereocenters. The van der Waals surface area contributed by atoms with Crippen molar-refractivity contribution in [1.29, 1.82) is 0 Å². The van der Waals surface area contributed by atoms with Crippen molar-refractivity contribution < 1.29 is 22.7 Å². The normalized spacial score (nSPS) is 13.6. The first-order chi connectivity index (χ1) is 15.7.